The molecule has 1 aliphatic rings. The van der Waals surface area contributed by atoms with Crippen molar-refractivity contribution in [1.82, 2.24) is 9.88 Å². The van der Waals surface area contributed by atoms with Crippen molar-refractivity contribution in [3.8, 4) is 0 Å². The fraction of sp³-hybridized carbons (Fsp3) is 0.571. The van der Waals surface area contributed by atoms with E-state index in [0.717, 1.165) is 31.9 Å². The molecule has 0 atom stereocenters. The summed E-state index contributed by atoms with van der Waals surface area (Å²) < 4.78 is 0. The fourth-order valence-electron chi connectivity index (χ4n) is 2.69. The smallest absolute Gasteiger partial charge is 0.288 e. The van der Waals surface area contributed by atoms with E-state index in [0.29, 0.717) is 0 Å². The molecule has 1 fully saturated rings. The van der Waals surface area contributed by atoms with Gasteiger partial charge in [0.05, 0.1) is 10.5 Å². The Bertz CT molecular complexity index is 542. The number of rotatable bonds is 3. The minimum Gasteiger partial charge on any atom is -0.339 e. The minimum absolute atomic E-state index is 0.00562. The molecular weight excluding hydrogens is 294 g/mol. The summed E-state index contributed by atoms with van der Waals surface area (Å²) in [5.74, 6) is -0.303. The predicted molar refractivity (Wildman–Crippen MR) is 79.5 cm³/mol. The Morgan fingerprint density at radius 3 is 2.57 bits per heavy atom. The molecule has 1 heterocycles. The Hall–Kier alpha value is -1.69. The van der Waals surface area contributed by atoms with Gasteiger partial charge in [0.1, 0.15) is 11.3 Å². The third-order valence-corrected chi connectivity index (χ3v) is 4.26. The van der Waals surface area contributed by atoms with Crippen molar-refractivity contribution < 1.29 is 9.72 Å². The summed E-state index contributed by atoms with van der Waals surface area (Å²) >= 11 is 5.93. The molecule has 0 saturated heterocycles. The highest BCUT2D eigenvalue weighted by molar-refractivity contribution is 6.32. The van der Waals surface area contributed by atoms with Gasteiger partial charge >= 0.3 is 0 Å². The minimum atomic E-state index is -0.578. The van der Waals surface area contributed by atoms with Crippen molar-refractivity contribution in [2.75, 3.05) is 7.05 Å². The van der Waals surface area contributed by atoms with Crippen molar-refractivity contribution in [2.24, 2.45) is 0 Å². The lowest BCUT2D eigenvalue weighted by Gasteiger charge is -2.27. The highest BCUT2D eigenvalue weighted by atomic mass is 35.5. The zero-order valence-electron chi connectivity index (χ0n) is 11.9. The van der Waals surface area contributed by atoms with Crippen LogP contribution in [0.5, 0.6) is 0 Å². The van der Waals surface area contributed by atoms with E-state index < -0.39 is 4.92 Å². The number of carbonyl (C=O) groups is 1. The van der Waals surface area contributed by atoms with Crippen LogP contribution in [0.15, 0.2) is 12.3 Å². The molecule has 1 amide bonds. The number of aromatic nitrogens is 1. The molecule has 0 spiro atoms. The van der Waals surface area contributed by atoms with E-state index in [9.17, 15) is 14.9 Å². The lowest BCUT2D eigenvalue weighted by molar-refractivity contribution is -0.385. The molecule has 2 rings (SSSR count). The molecule has 1 aromatic heterocycles. The summed E-state index contributed by atoms with van der Waals surface area (Å²) in [6, 6.07) is 1.36. The van der Waals surface area contributed by atoms with Crippen molar-refractivity contribution in [3.05, 3.63) is 33.1 Å². The van der Waals surface area contributed by atoms with Crippen molar-refractivity contribution in [1.29, 1.82) is 0 Å². The normalized spacial score (nSPS) is 16.3. The van der Waals surface area contributed by atoms with Crippen LogP contribution in [0.3, 0.4) is 0 Å². The maximum absolute atomic E-state index is 12.5. The Morgan fingerprint density at radius 2 is 2.00 bits per heavy atom. The molecular formula is C14H18ClN3O3. The van der Waals surface area contributed by atoms with Crippen LogP contribution in [0.2, 0.25) is 5.15 Å². The van der Waals surface area contributed by atoms with Crippen LogP contribution in [-0.4, -0.2) is 33.8 Å². The van der Waals surface area contributed by atoms with Crippen LogP contribution in [0.4, 0.5) is 5.69 Å². The Morgan fingerprint density at radius 1 is 1.38 bits per heavy atom. The Labute approximate surface area is 128 Å². The molecule has 21 heavy (non-hydrogen) atoms. The van der Waals surface area contributed by atoms with Gasteiger partial charge in [0, 0.05) is 19.2 Å². The van der Waals surface area contributed by atoms with Crippen LogP contribution >= 0.6 is 11.6 Å². The average Bonchev–Trinajstić information content (AvgIpc) is 2.75. The van der Waals surface area contributed by atoms with Gasteiger partial charge in [-0.25, -0.2) is 4.98 Å². The highest BCUT2D eigenvalue weighted by Gasteiger charge is 2.25. The summed E-state index contributed by atoms with van der Waals surface area (Å²) in [7, 11) is 1.73. The van der Waals surface area contributed by atoms with Crippen LogP contribution in [0.1, 0.15) is 48.9 Å². The number of carbonyl (C=O) groups excluding carboxylic acids is 1. The van der Waals surface area contributed by atoms with Gasteiger partial charge in [-0.2, -0.15) is 0 Å². The van der Waals surface area contributed by atoms with Gasteiger partial charge in [-0.1, -0.05) is 37.3 Å². The highest BCUT2D eigenvalue weighted by Crippen LogP contribution is 2.25. The molecule has 1 aliphatic carbocycles. The second-order valence-electron chi connectivity index (χ2n) is 5.35. The average molecular weight is 312 g/mol. The van der Waals surface area contributed by atoms with Crippen LogP contribution in [0, 0.1) is 10.1 Å². The standard InChI is InChI=1S/C14H18ClN3O3/c1-17(10-6-4-2-3-5-7-10)14(19)12-8-11(18(20)21)9-16-13(12)15/h8-10H,2-7H2,1H3. The van der Waals surface area contributed by atoms with Gasteiger partial charge in [0.15, 0.2) is 0 Å². The molecule has 1 aromatic rings. The topological polar surface area (TPSA) is 76.3 Å². The molecule has 0 bridgehead atoms. The van der Waals surface area contributed by atoms with Crippen molar-refractivity contribution >= 4 is 23.2 Å². The van der Waals surface area contributed by atoms with Crippen LogP contribution in [0.25, 0.3) is 0 Å². The molecule has 7 heteroatoms. The van der Waals surface area contributed by atoms with E-state index in [4.69, 9.17) is 11.6 Å². The van der Waals surface area contributed by atoms with Gasteiger partial charge in [-0.05, 0) is 12.8 Å². The number of nitro groups is 1. The number of hydrogen-bond donors (Lipinski definition) is 0. The zero-order chi connectivity index (χ0) is 15.4. The van der Waals surface area contributed by atoms with E-state index >= 15 is 0 Å². The van der Waals surface area contributed by atoms with Gasteiger partial charge in [-0.3, -0.25) is 14.9 Å². The van der Waals surface area contributed by atoms with E-state index in [2.05, 4.69) is 4.98 Å². The lowest BCUT2D eigenvalue weighted by Crippen LogP contribution is -2.37. The van der Waals surface area contributed by atoms with Crippen LogP contribution in [-0.2, 0) is 0 Å². The molecule has 6 nitrogen and oxygen atoms in total. The molecule has 0 N–H and O–H groups in total. The third kappa shape index (κ3) is 3.69. The first-order valence-corrected chi connectivity index (χ1v) is 7.45. The number of hydrogen-bond acceptors (Lipinski definition) is 4. The monoisotopic (exact) mass is 311 g/mol. The number of halogens is 1. The summed E-state index contributed by atoms with van der Waals surface area (Å²) in [6.07, 6.45) is 7.57. The second-order valence-corrected chi connectivity index (χ2v) is 5.71. The van der Waals surface area contributed by atoms with Crippen molar-refractivity contribution in [3.63, 3.8) is 0 Å². The first-order valence-electron chi connectivity index (χ1n) is 7.08. The van der Waals surface area contributed by atoms with E-state index in [1.54, 1.807) is 11.9 Å². The number of pyridine rings is 1. The van der Waals surface area contributed by atoms with E-state index in [1.165, 1.54) is 18.9 Å². The van der Waals surface area contributed by atoms with E-state index in [-0.39, 0.29) is 28.4 Å². The fourth-order valence-corrected chi connectivity index (χ4v) is 2.87. The van der Waals surface area contributed by atoms with Gasteiger partial charge < -0.3 is 4.90 Å². The SMILES string of the molecule is CN(C(=O)c1cc([N+](=O)[O-])cnc1Cl)C1CCCCCC1. The third-order valence-electron chi connectivity index (χ3n) is 3.96. The predicted octanol–water partition coefficient (Wildman–Crippen LogP) is 3.44. The Balaban J connectivity index is 2.21. The van der Waals surface area contributed by atoms with Gasteiger partial charge in [0.2, 0.25) is 0 Å². The molecule has 0 aromatic carbocycles. The second kappa shape index (κ2) is 6.85. The molecule has 1 saturated carbocycles. The summed E-state index contributed by atoms with van der Waals surface area (Å²) in [5.41, 5.74) is -0.130. The quantitative estimate of drug-likeness (QED) is 0.371. The number of amides is 1. The van der Waals surface area contributed by atoms with E-state index in [1.807, 2.05) is 0 Å². The maximum atomic E-state index is 12.5. The summed E-state index contributed by atoms with van der Waals surface area (Å²) in [4.78, 5) is 28.1. The first-order chi connectivity index (χ1) is 10.0. The molecule has 0 unspecified atom stereocenters. The molecule has 114 valence electrons. The van der Waals surface area contributed by atoms with Crippen molar-refractivity contribution in [2.45, 2.75) is 44.6 Å². The molecule has 0 radical (unpaired) electrons. The molecule has 0 aliphatic heterocycles. The van der Waals surface area contributed by atoms with Gasteiger partial charge in [0.25, 0.3) is 11.6 Å². The zero-order valence-corrected chi connectivity index (χ0v) is 12.7. The summed E-state index contributed by atoms with van der Waals surface area (Å²) in [6.45, 7) is 0. The summed E-state index contributed by atoms with van der Waals surface area (Å²) in [5, 5.41) is 10.8. The Kier molecular flexibility index (Phi) is 5.12. The number of nitrogens with zero attached hydrogens (tertiary/aromatic N) is 3. The maximum Gasteiger partial charge on any atom is 0.288 e. The van der Waals surface area contributed by atoms with Gasteiger partial charge in [-0.15, -0.1) is 0 Å². The lowest BCUT2D eigenvalue weighted by atomic mass is 10.1. The largest absolute Gasteiger partial charge is 0.339 e. The first kappa shape index (κ1) is 15.7. The van der Waals surface area contributed by atoms with Crippen LogP contribution < -0.4 is 0 Å².